The molecule has 0 aromatic rings. The standard InChI is InChI=1S/C9F23NO5SSi/c10-1(11,3(14,15)5(18,19)20)2(12,13)4(16,17)6(21,22)39(34,35)33(32)40(36-7(23,24)25,37-8(26,27)28)38-9(29,30)31. The topological polar surface area (TPSA) is 65.1 Å². The fraction of sp³-hybridized carbons (Fsp3) is 1.00. The smallest absolute Gasteiger partial charge is 0.269 e. The van der Waals surface area contributed by atoms with Crippen LogP contribution in [0.15, 0.2) is 0 Å². The summed E-state index contributed by atoms with van der Waals surface area (Å²) in [6.07, 6.45) is -30.2. The van der Waals surface area contributed by atoms with Crippen LogP contribution in [0.3, 0.4) is 0 Å². The Morgan fingerprint density at radius 2 is 0.700 bits per heavy atom. The first-order chi connectivity index (χ1) is 16.8. The SMILES string of the molecule is O=S(=O)(N(F)[Si](OC(F)(F)F)(OC(F)(F)F)OC(F)(F)F)C(F)(F)C(F)(F)C(F)(F)C(F)(F)C(F)(F)C(F)(F)F. The molecule has 0 amide bonds. The molecule has 0 fully saturated rings. The van der Waals surface area contributed by atoms with Crippen LogP contribution in [-0.4, -0.2) is 75.8 Å². The van der Waals surface area contributed by atoms with Crippen LogP contribution in [0.2, 0.25) is 0 Å². The molecule has 0 heterocycles. The van der Waals surface area contributed by atoms with Gasteiger partial charge in [0.05, 0.1) is 0 Å². The second-order valence-corrected chi connectivity index (χ2v) is 10.4. The molecule has 0 aliphatic heterocycles. The minimum Gasteiger partial charge on any atom is -0.269 e. The van der Waals surface area contributed by atoms with E-state index in [0.29, 0.717) is 0 Å². The molecule has 0 aromatic heterocycles. The van der Waals surface area contributed by atoms with Crippen LogP contribution >= 0.6 is 0 Å². The molecule has 6 nitrogen and oxygen atoms in total. The third-order valence-corrected chi connectivity index (χ3v) is 8.01. The average Bonchev–Trinajstić information content (AvgIpc) is 2.61. The van der Waals surface area contributed by atoms with Crippen molar-refractivity contribution in [2.75, 3.05) is 0 Å². The molecule has 242 valence electrons. The quantitative estimate of drug-likeness (QED) is 0.154. The second-order valence-electron chi connectivity index (χ2n) is 6.20. The summed E-state index contributed by atoms with van der Waals surface area (Å²) in [6.45, 7) is 0. The van der Waals surface area contributed by atoms with Crippen LogP contribution in [0, 0.1) is 0 Å². The predicted octanol–water partition coefficient (Wildman–Crippen LogP) is 6.24. The first-order valence-electron chi connectivity index (χ1n) is 7.75. The maximum Gasteiger partial charge on any atom is 0.663 e. The fourth-order valence-corrected chi connectivity index (χ4v) is 5.50. The largest absolute Gasteiger partial charge is 0.663 e. The fourth-order valence-electron chi connectivity index (χ4n) is 1.77. The van der Waals surface area contributed by atoms with E-state index in [4.69, 9.17) is 0 Å². The second kappa shape index (κ2) is 10.00. The third-order valence-electron chi connectivity index (χ3n) is 3.39. The lowest BCUT2D eigenvalue weighted by molar-refractivity contribution is -0.433. The highest BCUT2D eigenvalue weighted by Gasteiger charge is 2.93. The molecule has 0 unspecified atom stereocenters. The van der Waals surface area contributed by atoms with Crippen LogP contribution in [0.5, 0.6) is 0 Å². The first-order valence-corrected chi connectivity index (χ1v) is 10.9. The van der Waals surface area contributed by atoms with Crippen molar-refractivity contribution in [1.82, 2.24) is 4.19 Å². The van der Waals surface area contributed by atoms with Gasteiger partial charge in [-0.3, -0.25) is 13.3 Å². The first kappa shape index (κ1) is 38.4. The highest BCUT2D eigenvalue weighted by atomic mass is 32.2. The summed E-state index contributed by atoms with van der Waals surface area (Å²) in [7, 11) is -19.3. The van der Waals surface area contributed by atoms with Gasteiger partial charge in [0.15, 0.2) is 0 Å². The van der Waals surface area contributed by atoms with Gasteiger partial charge in [0.1, 0.15) is 0 Å². The Balaban J connectivity index is 7.48. The number of halogens is 23. The van der Waals surface area contributed by atoms with Gasteiger partial charge in [-0.05, 0) is 0 Å². The summed E-state index contributed by atoms with van der Waals surface area (Å²) >= 11 is 0. The van der Waals surface area contributed by atoms with Crippen LogP contribution in [0.4, 0.5) is 101 Å². The molecule has 0 atom stereocenters. The highest BCUT2D eigenvalue weighted by molar-refractivity contribution is 7.91. The molecule has 0 bridgehead atoms. The number of nitrogens with zero attached hydrogens (tertiary/aromatic N) is 1. The summed E-state index contributed by atoms with van der Waals surface area (Å²) in [6, 6.07) is 0. The number of alkyl halides is 22. The zero-order valence-electron chi connectivity index (χ0n) is 16.6. The molecule has 0 spiro atoms. The van der Waals surface area contributed by atoms with E-state index in [2.05, 4.69) is 0 Å². The Kier molecular flexibility index (Phi) is 9.60. The van der Waals surface area contributed by atoms with Crippen LogP contribution in [0.25, 0.3) is 0 Å². The average molecular weight is 699 g/mol. The van der Waals surface area contributed by atoms with E-state index in [1.807, 2.05) is 0 Å². The number of hydrogen-bond acceptors (Lipinski definition) is 5. The van der Waals surface area contributed by atoms with E-state index in [1.54, 1.807) is 13.3 Å². The molecule has 0 saturated carbocycles. The van der Waals surface area contributed by atoms with Crippen molar-refractivity contribution in [2.24, 2.45) is 0 Å². The van der Waals surface area contributed by atoms with Gasteiger partial charge >= 0.3 is 73.2 Å². The van der Waals surface area contributed by atoms with Gasteiger partial charge in [-0.25, -0.2) is 8.42 Å². The van der Waals surface area contributed by atoms with Gasteiger partial charge in [0.25, 0.3) is 0 Å². The van der Waals surface area contributed by atoms with E-state index in [-0.39, 0.29) is 0 Å². The lowest BCUT2D eigenvalue weighted by Crippen LogP contribution is -2.73. The van der Waals surface area contributed by atoms with E-state index in [9.17, 15) is 109 Å². The lowest BCUT2D eigenvalue weighted by Gasteiger charge is -2.40. The number of rotatable bonds is 10. The minimum atomic E-state index is -9.67. The number of hydrogen-bond donors (Lipinski definition) is 0. The van der Waals surface area contributed by atoms with Crippen molar-refractivity contribution < 1.29 is 123 Å². The third kappa shape index (κ3) is 6.72. The molecule has 40 heavy (non-hydrogen) atoms. The van der Waals surface area contributed by atoms with Crippen molar-refractivity contribution in [3.8, 4) is 0 Å². The molecule has 31 heteroatoms. The molecule has 0 aromatic carbocycles. The van der Waals surface area contributed by atoms with Crippen molar-refractivity contribution in [1.29, 1.82) is 0 Å². The molecular weight excluding hydrogens is 699 g/mol. The van der Waals surface area contributed by atoms with Gasteiger partial charge in [0, 0.05) is 4.19 Å². The monoisotopic (exact) mass is 699 g/mol. The van der Waals surface area contributed by atoms with E-state index in [0.717, 1.165) is 0 Å². The molecule has 0 radical (unpaired) electrons. The van der Waals surface area contributed by atoms with Crippen LogP contribution < -0.4 is 0 Å². The maximum absolute atomic E-state index is 14.1. The van der Waals surface area contributed by atoms with Crippen LogP contribution in [-0.2, 0) is 23.3 Å². The molecule has 0 N–H and O–H groups in total. The van der Waals surface area contributed by atoms with E-state index in [1.165, 1.54) is 0 Å². The summed E-state index contributed by atoms with van der Waals surface area (Å²) in [5.74, 6) is -35.8. The van der Waals surface area contributed by atoms with Gasteiger partial charge in [-0.15, -0.1) is 44.0 Å². The summed E-state index contributed by atoms with van der Waals surface area (Å²) in [4.78, 5) is 0. The van der Waals surface area contributed by atoms with Gasteiger partial charge in [-0.2, -0.15) is 57.1 Å². The lowest BCUT2D eigenvalue weighted by atomic mass is 9.98. The van der Waals surface area contributed by atoms with E-state index >= 15 is 0 Å². The minimum absolute atomic E-state index is 1.63. The summed E-state index contributed by atoms with van der Waals surface area (Å²) < 4.78 is 318. The van der Waals surface area contributed by atoms with Gasteiger partial charge in [0.2, 0.25) is 0 Å². The Bertz CT molecular complexity index is 969. The molecule has 0 aliphatic rings. The van der Waals surface area contributed by atoms with Gasteiger partial charge < -0.3 is 0 Å². The van der Waals surface area contributed by atoms with Crippen molar-refractivity contribution in [3.63, 3.8) is 0 Å². The summed E-state index contributed by atoms with van der Waals surface area (Å²) in [5, 5.41) is -8.97. The van der Waals surface area contributed by atoms with E-state index < -0.39 is 77.4 Å². The van der Waals surface area contributed by atoms with Crippen LogP contribution in [0.1, 0.15) is 0 Å². The number of sulfonamides is 1. The Hall–Kier alpha value is -1.60. The van der Waals surface area contributed by atoms with Gasteiger partial charge in [-0.1, -0.05) is 0 Å². The molecular formula is C9F23NO5SSi. The molecule has 0 rings (SSSR count). The summed E-state index contributed by atoms with van der Waals surface area (Å²) in [5.41, 5.74) is 0. The zero-order chi connectivity index (χ0) is 33.2. The van der Waals surface area contributed by atoms with Crippen molar-refractivity contribution in [2.45, 2.75) is 54.2 Å². The zero-order valence-corrected chi connectivity index (χ0v) is 18.4. The molecule has 0 saturated heterocycles. The maximum atomic E-state index is 14.1. The Morgan fingerprint density at radius 1 is 0.450 bits per heavy atom. The molecule has 0 aliphatic carbocycles. The van der Waals surface area contributed by atoms with Crippen molar-refractivity contribution >= 4 is 19.0 Å². The normalized spacial score (nSPS) is 16.6. The Morgan fingerprint density at radius 3 is 0.925 bits per heavy atom. The predicted molar refractivity (Wildman–Crippen MR) is 69.8 cm³/mol. The highest BCUT2D eigenvalue weighted by Crippen LogP contribution is 2.61. The van der Waals surface area contributed by atoms with Crippen molar-refractivity contribution in [3.05, 3.63) is 0 Å². The Labute approximate surface area is 201 Å².